The first kappa shape index (κ1) is 24.9. The maximum absolute atomic E-state index is 5.47. The summed E-state index contributed by atoms with van der Waals surface area (Å²) in [7, 11) is 0. The van der Waals surface area contributed by atoms with Gasteiger partial charge in [-0.15, -0.1) is 0 Å². The van der Waals surface area contributed by atoms with E-state index >= 15 is 0 Å². The van der Waals surface area contributed by atoms with Crippen LogP contribution in [0.2, 0.25) is 0 Å². The predicted octanol–water partition coefficient (Wildman–Crippen LogP) is 10.4. The number of rotatable bonds is 8. The molecule has 0 aliphatic carbocycles. The molecule has 0 bridgehead atoms. The van der Waals surface area contributed by atoms with Crippen LogP contribution in [0.3, 0.4) is 0 Å². The van der Waals surface area contributed by atoms with Gasteiger partial charge in [-0.1, -0.05) is 91.0 Å². The molecule has 198 valence electrons. The minimum absolute atomic E-state index is 0.257. The molecule has 0 radical (unpaired) electrons. The van der Waals surface area contributed by atoms with Crippen molar-refractivity contribution in [3.05, 3.63) is 169 Å². The summed E-state index contributed by atoms with van der Waals surface area (Å²) in [5.41, 5.74) is 10.4. The Morgan fingerprint density at radius 1 is 0.366 bits per heavy atom. The van der Waals surface area contributed by atoms with Crippen LogP contribution in [0, 0.1) is 0 Å². The summed E-state index contributed by atoms with van der Waals surface area (Å²) < 4.78 is 5.47. The number of ether oxygens (including phenoxy) is 1. The van der Waals surface area contributed by atoms with Crippen molar-refractivity contribution in [1.82, 2.24) is 0 Å². The van der Waals surface area contributed by atoms with E-state index in [2.05, 4.69) is 174 Å². The lowest BCUT2D eigenvalue weighted by atomic mass is 10.0. The van der Waals surface area contributed by atoms with E-state index in [0.717, 1.165) is 40.7 Å². The Labute approximate surface area is 241 Å². The van der Waals surface area contributed by atoms with Crippen LogP contribution in [0.5, 0.6) is 0 Å². The minimum atomic E-state index is 0.257. The van der Waals surface area contributed by atoms with E-state index in [1.807, 2.05) is 0 Å². The van der Waals surface area contributed by atoms with Crippen LogP contribution < -0.4 is 9.80 Å². The van der Waals surface area contributed by atoms with E-state index in [9.17, 15) is 0 Å². The summed E-state index contributed by atoms with van der Waals surface area (Å²) in [5.74, 6) is 0. The molecule has 6 aromatic rings. The van der Waals surface area contributed by atoms with Crippen molar-refractivity contribution in [1.29, 1.82) is 0 Å². The highest BCUT2D eigenvalue weighted by Gasteiger charge is 2.24. The zero-order valence-electron chi connectivity index (χ0n) is 22.7. The lowest BCUT2D eigenvalue weighted by Gasteiger charge is -2.26. The van der Waals surface area contributed by atoms with Gasteiger partial charge in [0.05, 0.1) is 6.61 Å². The van der Waals surface area contributed by atoms with Gasteiger partial charge in [-0.05, 0) is 89.5 Å². The van der Waals surface area contributed by atoms with E-state index < -0.39 is 0 Å². The Morgan fingerprint density at radius 2 is 0.659 bits per heavy atom. The zero-order valence-corrected chi connectivity index (χ0v) is 22.7. The molecule has 3 nitrogen and oxygen atoms in total. The van der Waals surface area contributed by atoms with Crippen molar-refractivity contribution in [2.45, 2.75) is 6.10 Å². The maximum atomic E-state index is 5.47. The van der Waals surface area contributed by atoms with Crippen LogP contribution in [0.25, 0.3) is 11.1 Å². The lowest BCUT2D eigenvalue weighted by Crippen LogP contribution is -2.10. The van der Waals surface area contributed by atoms with Crippen LogP contribution in [-0.2, 0) is 4.74 Å². The monoisotopic (exact) mass is 530 g/mol. The smallest absolute Gasteiger partial charge is 0.106 e. The van der Waals surface area contributed by atoms with Crippen molar-refractivity contribution in [3.8, 4) is 11.1 Å². The molecule has 3 heteroatoms. The molecule has 0 amide bonds. The van der Waals surface area contributed by atoms with Crippen molar-refractivity contribution in [3.63, 3.8) is 0 Å². The van der Waals surface area contributed by atoms with Gasteiger partial charge in [0.1, 0.15) is 6.10 Å². The summed E-state index contributed by atoms with van der Waals surface area (Å²) >= 11 is 0. The van der Waals surface area contributed by atoms with E-state index in [1.54, 1.807) is 0 Å². The largest absolute Gasteiger partial charge is 0.368 e. The number of anilines is 6. The van der Waals surface area contributed by atoms with Crippen molar-refractivity contribution < 1.29 is 4.74 Å². The van der Waals surface area contributed by atoms with Gasteiger partial charge in [-0.25, -0.2) is 0 Å². The van der Waals surface area contributed by atoms with Gasteiger partial charge in [0, 0.05) is 34.1 Å². The average Bonchev–Trinajstić information content (AvgIpc) is 3.90. The van der Waals surface area contributed by atoms with Gasteiger partial charge >= 0.3 is 0 Å². The van der Waals surface area contributed by atoms with Crippen LogP contribution in [0.4, 0.5) is 34.1 Å². The average molecular weight is 531 g/mol. The minimum Gasteiger partial charge on any atom is -0.368 e. The molecule has 1 saturated heterocycles. The summed E-state index contributed by atoms with van der Waals surface area (Å²) in [6.07, 6.45) is 0.257. The fourth-order valence-corrected chi connectivity index (χ4v) is 5.31. The molecular weight excluding hydrogens is 500 g/mol. The molecule has 0 N–H and O–H groups in total. The summed E-state index contributed by atoms with van der Waals surface area (Å²) in [6.45, 7) is 0.820. The highest BCUT2D eigenvalue weighted by atomic mass is 16.6. The quantitative estimate of drug-likeness (QED) is 0.182. The Balaban J connectivity index is 1.18. The first-order chi connectivity index (χ1) is 20.3. The Bertz CT molecular complexity index is 1660. The second-order valence-electron chi connectivity index (χ2n) is 10.2. The molecule has 0 saturated carbocycles. The van der Waals surface area contributed by atoms with E-state index in [-0.39, 0.29) is 6.10 Å². The number of epoxide rings is 1. The Hall–Kier alpha value is -5.12. The molecule has 1 heterocycles. The van der Waals surface area contributed by atoms with Crippen LogP contribution in [0.1, 0.15) is 11.7 Å². The molecule has 7 rings (SSSR count). The van der Waals surface area contributed by atoms with Gasteiger partial charge in [0.15, 0.2) is 0 Å². The van der Waals surface area contributed by atoms with Crippen molar-refractivity contribution in [2.24, 2.45) is 0 Å². The molecule has 6 aromatic carbocycles. The number of hydrogen-bond donors (Lipinski definition) is 0. The molecule has 1 fully saturated rings. The van der Waals surface area contributed by atoms with E-state index in [1.165, 1.54) is 16.7 Å². The van der Waals surface area contributed by atoms with Crippen molar-refractivity contribution >= 4 is 34.1 Å². The first-order valence-electron chi connectivity index (χ1n) is 14.0. The van der Waals surface area contributed by atoms with E-state index in [0.29, 0.717) is 0 Å². The summed E-state index contributed by atoms with van der Waals surface area (Å²) in [6, 6.07) is 57.9. The molecular formula is C38H30N2O. The Morgan fingerprint density at radius 3 is 0.976 bits per heavy atom. The lowest BCUT2D eigenvalue weighted by molar-refractivity contribution is 0.415. The molecule has 0 aromatic heterocycles. The fourth-order valence-electron chi connectivity index (χ4n) is 5.31. The number of nitrogens with zero attached hydrogens (tertiary/aromatic N) is 2. The second kappa shape index (κ2) is 11.2. The molecule has 0 spiro atoms. The van der Waals surface area contributed by atoms with Crippen LogP contribution in [0.15, 0.2) is 164 Å². The van der Waals surface area contributed by atoms with Gasteiger partial charge in [-0.3, -0.25) is 0 Å². The van der Waals surface area contributed by atoms with E-state index in [4.69, 9.17) is 4.74 Å². The zero-order chi connectivity index (χ0) is 27.4. The maximum Gasteiger partial charge on any atom is 0.106 e. The molecule has 1 unspecified atom stereocenters. The van der Waals surface area contributed by atoms with Crippen LogP contribution >= 0.6 is 0 Å². The van der Waals surface area contributed by atoms with Crippen LogP contribution in [-0.4, -0.2) is 6.61 Å². The standard InChI is InChI=1S/C38H30N2O/c1-4-10-32(11-5-1)39(33-12-6-2-7-13-33)35-22-16-29(17-23-35)30-18-24-36(25-19-30)40(34-14-8-3-9-15-34)37-26-20-31(21-27-37)38-28-41-38/h1-27,38H,28H2. The topological polar surface area (TPSA) is 19.0 Å². The number of benzene rings is 6. The van der Waals surface area contributed by atoms with Gasteiger partial charge < -0.3 is 14.5 Å². The third kappa shape index (κ3) is 5.36. The summed E-state index contributed by atoms with van der Waals surface area (Å²) in [4.78, 5) is 4.58. The third-order valence-electron chi connectivity index (χ3n) is 7.48. The highest BCUT2D eigenvalue weighted by molar-refractivity contribution is 5.80. The first-order valence-corrected chi connectivity index (χ1v) is 14.0. The SMILES string of the molecule is c1ccc(N(c2ccccc2)c2ccc(-c3ccc(N(c4ccccc4)c4ccc(C5CO5)cc4)cc3)cc2)cc1. The molecule has 1 atom stereocenters. The third-order valence-corrected chi connectivity index (χ3v) is 7.48. The second-order valence-corrected chi connectivity index (χ2v) is 10.2. The number of hydrogen-bond acceptors (Lipinski definition) is 3. The molecule has 41 heavy (non-hydrogen) atoms. The molecule has 1 aliphatic rings. The molecule has 1 aliphatic heterocycles. The van der Waals surface area contributed by atoms with Gasteiger partial charge in [-0.2, -0.15) is 0 Å². The Kier molecular flexibility index (Phi) is 6.78. The van der Waals surface area contributed by atoms with Gasteiger partial charge in [0.25, 0.3) is 0 Å². The normalized spacial score (nSPS) is 13.9. The highest BCUT2D eigenvalue weighted by Crippen LogP contribution is 2.39. The fraction of sp³-hybridized carbons (Fsp3) is 0.0526. The predicted molar refractivity (Wildman–Crippen MR) is 170 cm³/mol. The van der Waals surface area contributed by atoms with Gasteiger partial charge in [0.2, 0.25) is 0 Å². The van der Waals surface area contributed by atoms with Crippen molar-refractivity contribution in [2.75, 3.05) is 16.4 Å². The summed E-state index contributed by atoms with van der Waals surface area (Å²) in [5, 5.41) is 0. The number of para-hydroxylation sites is 3.